The molecule has 4 heteroatoms. The van der Waals surface area contributed by atoms with Gasteiger partial charge in [0, 0.05) is 5.69 Å². The van der Waals surface area contributed by atoms with E-state index in [1.165, 1.54) is 5.56 Å². The second kappa shape index (κ2) is 6.08. The number of aryl methyl sites for hydroxylation is 1. The minimum atomic E-state index is 0.349. The van der Waals surface area contributed by atoms with E-state index in [1.54, 1.807) is 0 Å². The second-order valence-electron chi connectivity index (χ2n) is 5.02. The molecule has 2 aromatic carbocycles. The van der Waals surface area contributed by atoms with Gasteiger partial charge in [0.1, 0.15) is 5.82 Å². The average molecular weight is 319 g/mol. The van der Waals surface area contributed by atoms with Crippen molar-refractivity contribution in [2.24, 2.45) is 0 Å². The Morgan fingerprint density at radius 1 is 1.10 bits per heavy atom. The molecule has 0 aliphatic rings. The number of alkyl halides is 1. The minimum absolute atomic E-state index is 0.349. The average Bonchev–Trinajstić information content (AvgIpc) is 2.88. The van der Waals surface area contributed by atoms with Crippen LogP contribution >= 0.6 is 23.2 Å². The van der Waals surface area contributed by atoms with E-state index in [9.17, 15) is 0 Å². The fourth-order valence-corrected chi connectivity index (χ4v) is 3.04. The molecule has 3 rings (SSSR count). The first-order valence-electron chi connectivity index (χ1n) is 7.05. The largest absolute Gasteiger partial charge is 0.294 e. The van der Waals surface area contributed by atoms with Gasteiger partial charge in [0.05, 0.1) is 21.9 Å². The van der Waals surface area contributed by atoms with Crippen LogP contribution in [0, 0.1) is 0 Å². The first-order chi connectivity index (χ1) is 10.2. The van der Waals surface area contributed by atoms with E-state index in [2.05, 4.69) is 36.2 Å². The summed E-state index contributed by atoms with van der Waals surface area (Å²) in [5, 5.41) is 0.689. The van der Waals surface area contributed by atoms with Crippen molar-refractivity contribution >= 4 is 34.2 Å². The Morgan fingerprint density at radius 2 is 1.86 bits per heavy atom. The van der Waals surface area contributed by atoms with Crippen LogP contribution in [0.4, 0.5) is 0 Å². The van der Waals surface area contributed by atoms with Crippen molar-refractivity contribution in [2.75, 3.05) is 0 Å². The highest BCUT2D eigenvalue weighted by Crippen LogP contribution is 2.28. The van der Waals surface area contributed by atoms with E-state index in [0.717, 1.165) is 35.4 Å². The van der Waals surface area contributed by atoms with Crippen molar-refractivity contribution in [2.45, 2.75) is 25.6 Å². The van der Waals surface area contributed by atoms with Gasteiger partial charge in [0.2, 0.25) is 0 Å². The van der Waals surface area contributed by atoms with Gasteiger partial charge in [-0.1, -0.05) is 43.1 Å². The molecule has 0 saturated carbocycles. The van der Waals surface area contributed by atoms with E-state index >= 15 is 0 Å². The molecule has 0 fully saturated rings. The van der Waals surface area contributed by atoms with E-state index in [-0.39, 0.29) is 0 Å². The molecule has 0 unspecified atom stereocenters. The van der Waals surface area contributed by atoms with Crippen molar-refractivity contribution < 1.29 is 0 Å². The molecule has 0 saturated heterocycles. The lowest BCUT2D eigenvalue weighted by Crippen LogP contribution is -2.00. The molecule has 1 heterocycles. The summed E-state index contributed by atoms with van der Waals surface area (Å²) < 4.78 is 2.04. The van der Waals surface area contributed by atoms with Crippen molar-refractivity contribution in [3.8, 4) is 5.69 Å². The maximum absolute atomic E-state index is 6.36. The third kappa shape index (κ3) is 2.66. The fourth-order valence-electron chi connectivity index (χ4n) is 2.60. The summed E-state index contributed by atoms with van der Waals surface area (Å²) in [5.74, 6) is 1.16. The summed E-state index contributed by atoms with van der Waals surface area (Å²) >= 11 is 12.4. The van der Waals surface area contributed by atoms with Crippen LogP contribution in [0.5, 0.6) is 0 Å². The summed E-state index contributed by atoms with van der Waals surface area (Å²) in [6.07, 6.45) is 2.24. The van der Waals surface area contributed by atoms with Gasteiger partial charge < -0.3 is 0 Å². The van der Waals surface area contributed by atoms with Gasteiger partial charge >= 0.3 is 0 Å². The fraction of sp³-hybridized carbons (Fsp3) is 0.235. The van der Waals surface area contributed by atoms with Crippen LogP contribution in [0.15, 0.2) is 42.5 Å². The predicted octanol–water partition coefficient (Wildman–Crippen LogP) is 5.37. The van der Waals surface area contributed by atoms with E-state index in [4.69, 9.17) is 23.2 Å². The smallest absolute Gasteiger partial charge is 0.129 e. The Labute approximate surface area is 134 Å². The molecule has 2 nitrogen and oxygen atoms in total. The van der Waals surface area contributed by atoms with Gasteiger partial charge in [-0.25, -0.2) is 4.98 Å². The van der Waals surface area contributed by atoms with E-state index in [1.807, 2.05) is 22.8 Å². The number of hydrogen-bond donors (Lipinski definition) is 0. The van der Waals surface area contributed by atoms with Crippen molar-refractivity contribution in [1.29, 1.82) is 0 Å². The molecule has 0 radical (unpaired) electrons. The Bertz CT molecular complexity index is 760. The van der Waals surface area contributed by atoms with Crippen molar-refractivity contribution in [3.63, 3.8) is 0 Å². The molecule has 1 aromatic heterocycles. The molecule has 0 amide bonds. The molecule has 0 spiro atoms. The normalized spacial score (nSPS) is 11.2. The third-order valence-corrected chi connectivity index (χ3v) is 4.09. The molecule has 0 atom stereocenters. The van der Waals surface area contributed by atoms with Crippen LogP contribution in [0.3, 0.4) is 0 Å². The molecule has 0 bridgehead atoms. The Balaban J connectivity index is 2.18. The monoisotopic (exact) mass is 318 g/mol. The number of hydrogen-bond acceptors (Lipinski definition) is 1. The Hall–Kier alpha value is -1.51. The van der Waals surface area contributed by atoms with Gasteiger partial charge in [0.15, 0.2) is 0 Å². The zero-order chi connectivity index (χ0) is 14.8. The molecule has 0 aliphatic heterocycles. The molecule has 3 aromatic rings. The molecular formula is C17H16Cl2N2. The first-order valence-corrected chi connectivity index (χ1v) is 7.97. The number of aromatic nitrogens is 2. The number of nitrogens with zero attached hydrogens (tertiary/aromatic N) is 2. The van der Waals surface area contributed by atoms with E-state index < -0.39 is 0 Å². The molecule has 108 valence electrons. The lowest BCUT2D eigenvalue weighted by molar-refractivity contribution is 0.918. The Kier molecular flexibility index (Phi) is 4.18. The lowest BCUT2D eigenvalue weighted by Gasteiger charge is -2.09. The highest BCUT2D eigenvalue weighted by Gasteiger charge is 2.14. The maximum Gasteiger partial charge on any atom is 0.129 e. The van der Waals surface area contributed by atoms with Crippen LogP contribution in [0.25, 0.3) is 16.7 Å². The van der Waals surface area contributed by atoms with Crippen molar-refractivity contribution in [3.05, 3.63) is 58.9 Å². The second-order valence-corrected chi connectivity index (χ2v) is 5.70. The summed E-state index contributed by atoms with van der Waals surface area (Å²) in [5.41, 5.74) is 4.17. The standard InChI is InChI=1S/C17H16Cl2N2/c1-2-4-12-7-9-13(10-8-12)21-16(11-18)20-15-6-3-5-14(19)17(15)21/h3,5-10H,2,4,11H2,1H3. The highest BCUT2D eigenvalue weighted by atomic mass is 35.5. The maximum atomic E-state index is 6.36. The lowest BCUT2D eigenvalue weighted by atomic mass is 10.1. The quantitative estimate of drug-likeness (QED) is 0.591. The molecule has 0 aliphatic carbocycles. The highest BCUT2D eigenvalue weighted by molar-refractivity contribution is 6.35. The van der Waals surface area contributed by atoms with Gasteiger partial charge in [0.25, 0.3) is 0 Å². The summed E-state index contributed by atoms with van der Waals surface area (Å²) in [4.78, 5) is 4.57. The van der Waals surface area contributed by atoms with Crippen LogP contribution in [-0.2, 0) is 12.3 Å². The van der Waals surface area contributed by atoms with Crippen LogP contribution in [0.1, 0.15) is 24.7 Å². The molecular weight excluding hydrogens is 303 g/mol. The Morgan fingerprint density at radius 3 is 2.52 bits per heavy atom. The molecule has 21 heavy (non-hydrogen) atoms. The zero-order valence-corrected chi connectivity index (χ0v) is 13.3. The van der Waals surface area contributed by atoms with Gasteiger partial charge in [-0.15, -0.1) is 11.6 Å². The van der Waals surface area contributed by atoms with E-state index in [0.29, 0.717) is 10.9 Å². The third-order valence-electron chi connectivity index (χ3n) is 3.55. The summed E-state index contributed by atoms with van der Waals surface area (Å²) in [6, 6.07) is 14.3. The topological polar surface area (TPSA) is 17.8 Å². The van der Waals surface area contributed by atoms with Crippen LogP contribution in [0.2, 0.25) is 5.02 Å². The number of fused-ring (bicyclic) bond motifs is 1. The minimum Gasteiger partial charge on any atom is -0.294 e. The van der Waals surface area contributed by atoms with Gasteiger partial charge in [-0.2, -0.15) is 0 Å². The predicted molar refractivity (Wildman–Crippen MR) is 89.6 cm³/mol. The zero-order valence-electron chi connectivity index (χ0n) is 11.8. The van der Waals surface area contributed by atoms with Crippen molar-refractivity contribution in [1.82, 2.24) is 9.55 Å². The summed E-state index contributed by atoms with van der Waals surface area (Å²) in [7, 11) is 0. The van der Waals surface area contributed by atoms with Gasteiger partial charge in [-0.05, 0) is 36.2 Å². The molecule has 0 N–H and O–H groups in total. The summed E-state index contributed by atoms with van der Waals surface area (Å²) in [6.45, 7) is 2.18. The number of benzene rings is 2. The number of para-hydroxylation sites is 1. The number of rotatable bonds is 4. The van der Waals surface area contributed by atoms with Gasteiger partial charge in [-0.3, -0.25) is 4.57 Å². The first kappa shape index (κ1) is 14.4. The van der Waals surface area contributed by atoms with Crippen LogP contribution in [-0.4, -0.2) is 9.55 Å². The SMILES string of the molecule is CCCc1ccc(-n2c(CCl)nc3cccc(Cl)c32)cc1. The van der Waals surface area contributed by atoms with Crippen LogP contribution < -0.4 is 0 Å². The number of imidazole rings is 1. The number of halogens is 2.